The molecule has 0 aliphatic carbocycles. The van der Waals surface area contributed by atoms with Gasteiger partial charge in [-0.1, -0.05) is 28.1 Å². The van der Waals surface area contributed by atoms with Gasteiger partial charge in [-0.15, -0.1) is 0 Å². The molecular weight excluding hydrogens is 388 g/mol. The van der Waals surface area contributed by atoms with Crippen LogP contribution in [0.1, 0.15) is 15.9 Å². The van der Waals surface area contributed by atoms with Crippen molar-refractivity contribution in [3.8, 4) is 5.75 Å². The van der Waals surface area contributed by atoms with Crippen LogP contribution in [0, 0.1) is 0 Å². The molecule has 0 saturated heterocycles. The molecule has 104 valence electrons. The molecule has 20 heavy (non-hydrogen) atoms. The smallest absolute Gasteiger partial charge is 0.337 e. The van der Waals surface area contributed by atoms with Gasteiger partial charge in [0.2, 0.25) is 0 Å². The van der Waals surface area contributed by atoms with Crippen LogP contribution in [-0.2, 0) is 11.3 Å². The zero-order chi connectivity index (χ0) is 14.5. The number of ether oxygens (including phenoxy) is 2. The first kappa shape index (κ1) is 15.1. The predicted octanol–water partition coefficient (Wildman–Crippen LogP) is 4.58. The van der Waals surface area contributed by atoms with Gasteiger partial charge in [-0.05, 0) is 51.8 Å². The van der Waals surface area contributed by atoms with E-state index in [9.17, 15) is 4.79 Å². The summed E-state index contributed by atoms with van der Waals surface area (Å²) in [5.74, 6) is 0.429. The number of carbonyl (C=O) groups excluding carboxylic acids is 1. The second kappa shape index (κ2) is 6.90. The minimum absolute atomic E-state index is 0.340. The number of esters is 1. The normalized spacial score (nSPS) is 10.2. The van der Waals surface area contributed by atoms with Gasteiger partial charge in [0.1, 0.15) is 12.4 Å². The molecule has 0 unspecified atom stereocenters. The molecule has 0 saturated carbocycles. The zero-order valence-corrected chi connectivity index (χ0v) is 13.9. The molecule has 3 nitrogen and oxygen atoms in total. The monoisotopic (exact) mass is 398 g/mol. The molecule has 5 heteroatoms. The summed E-state index contributed by atoms with van der Waals surface area (Å²) < 4.78 is 12.2. The van der Waals surface area contributed by atoms with Gasteiger partial charge in [0.15, 0.2) is 0 Å². The first-order valence-corrected chi connectivity index (χ1v) is 7.44. The lowest BCUT2D eigenvalue weighted by Crippen LogP contribution is -2.02. The first-order valence-electron chi connectivity index (χ1n) is 5.85. The Kier molecular flexibility index (Phi) is 5.20. The molecule has 0 heterocycles. The number of carbonyl (C=O) groups is 1. The number of rotatable bonds is 4. The molecule has 2 aromatic rings. The fraction of sp³-hybridized carbons (Fsp3) is 0.133. The van der Waals surface area contributed by atoms with E-state index in [4.69, 9.17) is 4.74 Å². The average molecular weight is 400 g/mol. The maximum atomic E-state index is 11.3. The second-order valence-electron chi connectivity index (χ2n) is 4.05. The van der Waals surface area contributed by atoms with Crippen molar-refractivity contribution in [3.63, 3.8) is 0 Å². The fourth-order valence-electron chi connectivity index (χ4n) is 1.61. The van der Waals surface area contributed by atoms with Crippen molar-refractivity contribution in [2.45, 2.75) is 6.61 Å². The van der Waals surface area contributed by atoms with Crippen LogP contribution in [0.5, 0.6) is 5.75 Å². The highest BCUT2D eigenvalue weighted by molar-refractivity contribution is 9.11. The van der Waals surface area contributed by atoms with Crippen LogP contribution < -0.4 is 4.74 Å². The van der Waals surface area contributed by atoms with E-state index in [1.165, 1.54) is 7.11 Å². The number of halogens is 2. The van der Waals surface area contributed by atoms with Crippen LogP contribution in [0.2, 0.25) is 0 Å². The topological polar surface area (TPSA) is 35.5 Å². The van der Waals surface area contributed by atoms with Crippen molar-refractivity contribution in [1.29, 1.82) is 0 Å². The minimum atomic E-state index is -0.340. The first-order chi connectivity index (χ1) is 9.60. The minimum Gasteiger partial charge on any atom is -0.488 e. The molecule has 0 fully saturated rings. The molecule has 0 N–H and O–H groups in total. The Morgan fingerprint density at radius 2 is 1.80 bits per heavy atom. The Labute approximate surface area is 134 Å². The van der Waals surface area contributed by atoms with Crippen LogP contribution in [0.3, 0.4) is 0 Å². The molecule has 0 amide bonds. The summed E-state index contributed by atoms with van der Waals surface area (Å²) in [6, 6.07) is 12.9. The van der Waals surface area contributed by atoms with Crippen LogP contribution in [0.4, 0.5) is 0 Å². The molecule has 0 aliphatic heterocycles. The van der Waals surface area contributed by atoms with E-state index in [0.717, 1.165) is 20.3 Å². The molecule has 0 aromatic heterocycles. The van der Waals surface area contributed by atoms with Gasteiger partial charge >= 0.3 is 5.97 Å². The van der Waals surface area contributed by atoms with Crippen LogP contribution in [-0.4, -0.2) is 13.1 Å². The summed E-state index contributed by atoms with van der Waals surface area (Å²) in [7, 11) is 1.37. The summed E-state index contributed by atoms with van der Waals surface area (Å²) in [6.45, 7) is 0.432. The van der Waals surface area contributed by atoms with E-state index >= 15 is 0 Å². The van der Waals surface area contributed by atoms with Crippen LogP contribution in [0.25, 0.3) is 0 Å². The maximum Gasteiger partial charge on any atom is 0.337 e. The van der Waals surface area contributed by atoms with E-state index in [2.05, 4.69) is 36.6 Å². The fourth-order valence-corrected chi connectivity index (χ4v) is 2.77. The van der Waals surface area contributed by atoms with Crippen molar-refractivity contribution < 1.29 is 14.3 Å². The highest BCUT2D eigenvalue weighted by atomic mass is 79.9. The molecular formula is C15H12Br2O3. The lowest BCUT2D eigenvalue weighted by atomic mass is 10.1. The Morgan fingerprint density at radius 1 is 1.10 bits per heavy atom. The van der Waals surface area contributed by atoms with Gasteiger partial charge in [-0.2, -0.15) is 0 Å². The molecule has 0 atom stereocenters. The number of hydrogen-bond donors (Lipinski definition) is 0. The number of hydrogen-bond acceptors (Lipinski definition) is 3. The third-order valence-electron chi connectivity index (χ3n) is 2.66. The summed E-state index contributed by atoms with van der Waals surface area (Å²) in [6.07, 6.45) is 0. The third kappa shape index (κ3) is 3.84. The lowest BCUT2D eigenvalue weighted by Gasteiger charge is -2.09. The lowest BCUT2D eigenvalue weighted by molar-refractivity contribution is 0.0600. The van der Waals surface area contributed by atoms with E-state index < -0.39 is 0 Å². The second-order valence-corrected chi connectivity index (χ2v) is 5.82. The van der Waals surface area contributed by atoms with Gasteiger partial charge in [0.05, 0.1) is 17.1 Å². The van der Waals surface area contributed by atoms with Crippen molar-refractivity contribution >= 4 is 37.8 Å². The molecule has 2 aromatic carbocycles. The van der Waals surface area contributed by atoms with Gasteiger partial charge in [-0.3, -0.25) is 0 Å². The van der Waals surface area contributed by atoms with E-state index in [1.807, 2.05) is 30.3 Å². The van der Waals surface area contributed by atoms with Crippen molar-refractivity contribution in [1.82, 2.24) is 0 Å². The zero-order valence-electron chi connectivity index (χ0n) is 10.7. The average Bonchev–Trinajstić information content (AvgIpc) is 2.46. The molecule has 2 rings (SSSR count). The van der Waals surface area contributed by atoms with Gasteiger partial charge < -0.3 is 9.47 Å². The molecule has 0 aliphatic rings. The predicted molar refractivity (Wildman–Crippen MR) is 84.0 cm³/mol. The largest absolute Gasteiger partial charge is 0.488 e. The van der Waals surface area contributed by atoms with Gasteiger partial charge in [-0.25, -0.2) is 4.79 Å². The summed E-state index contributed by atoms with van der Waals surface area (Å²) in [5.41, 5.74) is 1.51. The highest BCUT2D eigenvalue weighted by Gasteiger charge is 2.05. The molecule has 0 bridgehead atoms. The highest BCUT2D eigenvalue weighted by Crippen LogP contribution is 2.28. The van der Waals surface area contributed by atoms with Gasteiger partial charge in [0, 0.05) is 4.47 Å². The summed E-state index contributed by atoms with van der Waals surface area (Å²) in [5, 5.41) is 0. The third-order valence-corrected chi connectivity index (χ3v) is 3.78. The summed E-state index contributed by atoms with van der Waals surface area (Å²) in [4.78, 5) is 11.3. The van der Waals surface area contributed by atoms with Crippen molar-refractivity contribution in [2.24, 2.45) is 0 Å². The Balaban J connectivity index is 2.02. The number of methoxy groups -OCH3 is 1. The Morgan fingerprint density at radius 3 is 2.40 bits per heavy atom. The van der Waals surface area contributed by atoms with Crippen LogP contribution >= 0.6 is 31.9 Å². The molecule has 0 spiro atoms. The molecule has 0 radical (unpaired) electrons. The van der Waals surface area contributed by atoms with E-state index in [1.54, 1.807) is 12.1 Å². The SMILES string of the molecule is COC(=O)c1ccc(COc2ccc(Br)cc2Br)cc1. The Bertz CT molecular complexity index is 609. The summed E-state index contributed by atoms with van der Waals surface area (Å²) >= 11 is 6.84. The van der Waals surface area contributed by atoms with E-state index in [-0.39, 0.29) is 5.97 Å². The number of benzene rings is 2. The van der Waals surface area contributed by atoms with Gasteiger partial charge in [0.25, 0.3) is 0 Å². The van der Waals surface area contributed by atoms with Crippen LogP contribution in [0.15, 0.2) is 51.4 Å². The Hall–Kier alpha value is -1.33. The van der Waals surface area contributed by atoms with Crippen molar-refractivity contribution in [3.05, 3.63) is 62.5 Å². The standard InChI is InChI=1S/C15H12Br2O3/c1-19-15(18)11-4-2-10(3-5-11)9-20-14-7-6-12(16)8-13(14)17/h2-8H,9H2,1H3. The van der Waals surface area contributed by atoms with E-state index in [0.29, 0.717) is 12.2 Å². The quantitative estimate of drug-likeness (QED) is 0.706. The maximum absolute atomic E-state index is 11.3. The van der Waals surface area contributed by atoms with Crippen molar-refractivity contribution in [2.75, 3.05) is 7.11 Å².